The highest BCUT2D eigenvalue weighted by Crippen LogP contribution is 2.27. The Morgan fingerprint density at radius 1 is 1.20 bits per heavy atom. The van der Waals surface area contributed by atoms with Crippen molar-refractivity contribution in [3.05, 3.63) is 84.2 Å². The van der Waals surface area contributed by atoms with Gasteiger partial charge in [-0.1, -0.05) is 29.8 Å². The van der Waals surface area contributed by atoms with Crippen LogP contribution in [0.1, 0.15) is 29.7 Å². The summed E-state index contributed by atoms with van der Waals surface area (Å²) in [4.78, 5) is 15.6. The zero-order chi connectivity index (χ0) is 17.6. The number of benzene rings is 1. The van der Waals surface area contributed by atoms with Crippen molar-refractivity contribution in [3.8, 4) is 0 Å². The first kappa shape index (κ1) is 16.8. The Kier molecular flexibility index (Phi) is 5.14. The van der Waals surface area contributed by atoms with Gasteiger partial charge in [0.1, 0.15) is 0 Å². The van der Waals surface area contributed by atoms with E-state index >= 15 is 0 Å². The lowest BCUT2D eigenvalue weighted by Gasteiger charge is -2.18. The smallest absolute Gasteiger partial charge is 0.332 e. The monoisotopic (exact) mass is 335 g/mol. The van der Waals surface area contributed by atoms with Crippen LogP contribution in [-0.2, 0) is 9.53 Å². The molecule has 0 N–H and O–H groups in total. The number of hydrogen-bond acceptors (Lipinski definition) is 3. The van der Waals surface area contributed by atoms with Crippen molar-refractivity contribution in [1.29, 1.82) is 0 Å². The van der Waals surface area contributed by atoms with Crippen LogP contribution in [-0.4, -0.2) is 26.7 Å². The number of imidazole rings is 1. The molecule has 1 aromatic carbocycles. The van der Waals surface area contributed by atoms with Gasteiger partial charge >= 0.3 is 5.97 Å². The quantitative estimate of drug-likeness (QED) is 0.510. The summed E-state index contributed by atoms with van der Waals surface area (Å²) in [6.07, 6.45) is 12.6. The highest BCUT2D eigenvalue weighted by Gasteiger charge is 2.16. The van der Waals surface area contributed by atoms with E-state index < -0.39 is 0 Å². The van der Waals surface area contributed by atoms with E-state index in [0.29, 0.717) is 6.61 Å². The molecule has 25 heavy (non-hydrogen) atoms. The van der Waals surface area contributed by atoms with Gasteiger partial charge in [0.15, 0.2) is 0 Å². The van der Waals surface area contributed by atoms with Crippen LogP contribution in [0, 0.1) is 6.92 Å². The molecule has 0 bridgehead atoms. The number of aryl methyl sites for hydroxylation is 1. The highest BCUT2D eigenvalue weighted by atomic mass is 16.5. The molecule has 5 heteroatoms. The molecule has 1 atom stereocenters. The van der Waals surface area contributed by atoms with Crippen LogP contribution >= 0.6 is 0 Å². The summed E-state index contributed by atoms with van der Waals surface area (Å²) < 4.78 is 8.83. The molecule has 0 amide bonds. The normalized spacial score (nSPS) is 12.4. The summed E-state index contributed by atoms with van der Waals surface area (Å²) in [5.74, 6) is -0.345. The lowest BCUT2D eigenvalue weighted by molar-refractivity contribution is -0.137. The molecular formula is C20H21N3O2. The minimum absolute atomic E-state index is 0.0281. The van der Waals surface area contributed by atoms with E-state index in [1.807, 2.05) is 35.6 Å². The van der Waals surface area contributed by atoms with Crippen LogP contribution in [0.4, 0.5) is 0 Å². The van der Waals surface area contributed by atoms with Gasteiger partial charge in [-0.2, -0.15) is 0 Å². The number of carbonyl (C=O) groups is 1. The molecule has 3 aromatic rings. The number of esters is 1. The maximum absolute atomic E-state index is 11.5. The van der Waals surface area contributed by atoms with E-state index in [2.05, 4.69) is 40.7 Å². The Labute approximate surface area is 147 Å². The summed E-state index contributed by atoms with van der Waals surface area (Å²) in [6.45, 7) is 4.24. The number of ether oxygens (including phenoxy) is 1. The number of rotatable bonds is 6. The number of aromatic nitrogens is 3. The third-order valence-corrected chi connectivity index (χ3v) is 3.94. The molecule has 2 aromatic heterocycles. The van der Waals surface area contributed by atoms with Gasteiger partial charge in [0.05, 0.1) is 19.0 Å². The maximum Gasteiger partial charge on any atom is 0.332 e. The van der Waals surface area contributed by atoms with Crippen molar-refractivity contribution < 1.29 is 9.53 Å². The van der Waals surface area contributed by atoms with Crippen molar-refractivity contribution >= 4 is 12.2 Å². The summed E-state index contributed by atoms with van der Waals surface area (Å²) in [6, 6.07) is 10.5. The Balaban J connectivity index is 1.90. The molecule has 0 saturated heterocycles. The van der Waals surface area contributed by atoms with Crippen molar-refractivity contribution in [2.45, 2.75) is 19.9 Å². The molecule has 0 aliphatic carbocycles. The number of carbonyl (C=O) groups excluding carboxylic acids is 1. The van der Waals surface area contributed by atoms with Crippen molar-refractivity contribution in [1.82, 2.24) is 14.1 Å². The van der Waals surface area contributed by atoms with Gasteiger partial charge < -0.3 is 13.9 Å². The van der Waals surface area contributed by atoms with Gasteiger partial charge in [-0.15, -0.1) is 0 Å². The fourth-order valence-electron chi connectivity index (χ4n) is 2.73. The fourth-order valence-corrected chi connectivity index (χ4v) is 2.73. The molecule has 0 spiro atoms. The van der Waals surface area contributed by atoms with Crippen molar-refractivity contribution in [3.63, 3.8) is 0 Å². The Morgan fingerprint density at radius 2 is 2.00 bits per heavy atom. The minimum Gasteiger partial charge on any atom is -0.463 e. The standard InChI is InChI=1S/C20H21N3O2/c1-3-25-19(24)9-12-22-11-8-18(14-22)20(23-13-10-21-15-23)17-6-4-16(2)5-7-17/h4-15,20H,3H2,1-2H3/b12-9+. The SMILES string of the molecule is CCOC(=O)/C=C/n1ccc(C(c2ccc(C)cc2)n2ccnc2)c1. The Hall–Kier alpha value is -3.08. The zero-order valence-corrected chi connectivity index (χ0v) is 14.4. The molecule has 0 aliphatic rings. The van der Waals surface area contributed by atoms with E-state index in [9.17, 15) is 4.79 Å². The predicted molar refractivity (Wildman–Crippen MR) is 97.0 cm³/mol. The summed E-state index contributed by atoms with van der Waals surface area (Å²) in [5.41, 5.74) is 3.51. The van der Waals surface area contributed by atoms with Crippen LogP contribution in [0.2, 0.25) is 0 Å². The summed E-state index contributed by atoms with van der Waals surface area (Å²) >= 11 is 0. The summed E-state index contributed by atoms with van der Waals surface area (Å²) in [5, 5.41) is 0. The Morgan fingerprint density at radius 3 is 2.68 bits per heavy atom. The van der Waals surface area contributed by atoms with Gasteiger partial charge in [-0.3, -0.25) is 0 Å². The lowest BCUT2D eigenvalue weighted by atomic mass is 10.00. The van der Waals surface area contributed by atoms with Crippen LogP contribution < -0.4 is 0 Å². The van der Waals surface area contributed by atoms with Crippen molar-refractivity contribution in [2.75, 3.05) is 6.61 Å². The van der Waals surface area contributed by atoms with E-state index in [-0.39, 0.29) is 12.0 Å². The molecule has 0 fully saturated rings. The first-order chi connectivity index (χ1) is 12.2. The average molecular weight is 335 g/mol. The third-order valence-electron chi connectivity index (χ3n) is 3.94. The molecule has 1 unspecified atom stereocenters. The van der Waals surface area contributed by atoms with Crippen LogP contribution in [0.5, 0.6) is 0 Å². The molecule has 2 heterocycles. The topological polar surface area (TPSA) is 49.0 Å². The predicted octanol–water partition coefficient (Wildman–Crippen LogP) is 3.66. The molecule has 0 radical (unpaired) electrons. The molecule has 0 saturated carbocycles. The largest absolute Gasteiger partial charge is 0.463 e. The lowest BCUT2D eigenvalue weighted by Crippen LogP contribution is -2.10. The van der Waals surface area contributed by atoms with Gasteiger partial charge in [-0.25, -0.2) is 9.78 Å². The van der Waals surface area contributed by atoms with E-state index in [1.165, 1.54) is 17.2 Å². The average Bonchev–Trinajstić information content (AvgIpc) is 3.28. The van der Waals surface area contributed by atoms with Crippen LogP contribution in [0.3, 0.4) is 0 Å². The zero-order valence-electron chi connectivity index (χ0n) is 14.4. The van der Waals surface area contributed by atoms with Crippen LogP contribution in [0.25, 0.3) is 6.20 Å². The number of nitrogens with zero attached hydrogens (tertiary/aromatic N) is 3. The first-order valence-corrected chi connectivity index (χ1v) is 8.23. The van der Waals surface area contributed by atoms with Gasteiger partial charge in [0.2, 0.25) is 0 Å². The summed E-state index contributed by atoms with van der Waals surface area (Å²) in [7, 11) is 0. The molecule has 3 rings (SSSR count). The van der Waals surface area contributed by atoms with E-state index in [4.69, 9.17) is 4.74 Å². The molecule has 5 nitrogen and oxygen atoms in total. The van der Waals surface area contributed by atoms with Gasteiger partial charge in [0, 0.05) is 37.1 Å². The second kappa shape index (κ2) is 7.66. The van der Waals surface area contributed by atoms with Gasteiger partial charge in [0.25, 0.3) is 0 Å². The first-order valence-electron chi connectivity index (χ1n) is 8.23. The fraction of sp³-hybridized carbons (Fsp3) is 0.200. The molecule has 128 valence electrons. The maximum atomic E-state index is 11.5. The van der Waals surface area contributed by atoms with Gasteiger partial charge in [-0.05, 0) is 31.0 Å². The second-order valence-corrected chi connectivity index (χ2v) is 5.78. The van der Waals surface area contributed by atoms with E-state index in [1.54, 1.807) is 19.3 Å². The third kappa shape index (κ3) is 4.07. The number of hydrogen-bond donors (Lipinski definition) is 0. The van der Waals surface area contributed by atoms with E-state index in [0.717, 1.165) is 5.56 Å². The minimum atomic E-state index is -0.345. The Bertz CT molecular complexity index is 845. The van der Waals surface area contributed by atoms with Crippen molar-refractivity contribution in [2.24, 2.45) is 0 Å². The molecular weight excluding hydrogens is 314 g/mol. The molecule has 0 aliphatic heterocycles. The highest BCUT2D eigenvalue weighted by molar-refractivity contribution is 5.84. The second-order valence-electron chi connectivity index (χ2n) is 5.78. The van der Waals surface area contributed by atoms with Crippen LogP contribution in [0.15, 0.2) is 67.5 Å².